The molecule has 1 unspecified atom stereocenters. The molecular formula is C22H22ClN3O2. The summed E-state index contributed by atoms with van der Waals surface area (Å²) in [5.41, 5.74) is 1.97. The number of benzene rings is 2. The maximum absolute atomic E-state index is 12.6. The monoisotopic (exact) mass is 395 g/mol. The van der Waals surface area contributed by atoms with Crippen LogP contribution in [-0.4, -0.2) is 29.5 Å². The Hall–Kier alpha value is -2.79. The third-order valence-corrected chi connectivity index (χ3v) is 5.47. The van der Waals surface area contributed by atoms with Gasteiger partial charge in [0, 0.05) is 42.1 Å². The lowest BCUT2D eigenvalue weighted by molar-refractivity contribution is -0.132. The summed E-state index contributed by atoms with van der Waals surface area (Å²) < 4.78 is 2.18. The third kappa shape index (κ3) is 3.76. The number of fused-ring (bicyclic) bond motifs is 1. The highest BCUT2D eigenvalue weighted by molar-refractivity contribution is 6.30. The SMILES string of the molecule is O=C(NCCCn1ccc2ccccc21)C1CCN(c2ccc(Cl)cc2)C1=O. The first-order valence-electron chi connectivity index (χ1n) is 9.52. The molecule has 0 bridgehead atoms. The van der Waals surface area contributed by atoms with Crippen LogP contribution in [0.4, 0.5) is 5.69 Å². The van der Waals surface area contributed by atoms with Gasteiger partial charge in [0.1, 0.15) is 5.92 Å². The summed E-state index contributed by atoms with van der Waals surface area (Å²) in [6.45, 7) is 1.92. The average Bonchev–Trinajstić information content (AvgIpc) is 3.29. The Bertz CT molecular complexity index is 996. The van der Waals surface area contributed by atoms with Gasteiger partial charge in [0.15, 0.2) is 0 Å². The smallest absolute Gasteiger partial charge is 0.239 e. The Balaban J connectivity index is 1.28. The molecular weight excluding hydrogens is 374 g/mol. The van der Waals surface area contributed by atoms with Gasteiger partial charge < -0.3 is 14.8 Å². The first kappa shape index (κ1) is 18.6. The van der Waals surface area contributed by atoms with E-state index < -0.39 is 5.92 Å². The average molecular weight is 396 g/mol. The number of aromatic nitrogens is 1. The van der Waals surface area contributed by atoms with Crippen LogP contribution in [0.2, 0.25) is 5.02 Å². The minimum Gasteiger partial charge on any atom is -0.355 e. The number of nitrogens with one attached hydrogen (secondary N) is 1. The first-order valence-corrected chi connectivity index (χ1v) is 9.90. The minimum atomic E-state index is -0.608. The van der Waals surface area contributed by atoms with E-state index in [0.29, 0.717) is 24.5 Å². The molecule has 1 atom stereocenters. The van der Waals surface area contributed by atoms with E-state index in [2.05, 4.69) is 34.3 Å². The number of aryl methyl sites for hydroxylation is 1. The summed E-state index contributed by atoms with van der Waals surface area (Å²) in [5, 5.41) is 4.76. The van der Waals surface area contributed by atoms with Gasteiger partial charge in [0.05, 0.1) is 0 Å². The lowest BCUT2D eigenvalue weighted by Crippen LogP contribution is -2.37. The molecule has 1 N–H and O–H groups in total. The van der Waals surface area contributed by atoms with Gasteiger partial charge in [0.2, 0.25) is 11.8 Å². The molecule has 0 aliphatic carbocycles. The van der Waals surface area contributed by atoms with Gasteiger partial charge in [-0.05, 0) is 54.6 Å². The number of rotatable bonds is 6. The van der Waals surface area contributed by atoms with Crippen molar-refractivity contribution < 1.29 is 9.59 Å². The maximum atomic E-state index is 12.6. The van der Waals surface area contributed by atoms with Gasteiger partial charge >= 0.3 is 0 Å². The van der Waals surface area contributed by atoms with Crippen molar-refractivity contribution >= 4 is 40.0 Å². The van der Waals surface area contributed by atoms with Crippen LogP contribution in [0.25, 0.3) is 10.9 Å². The van der Waals surface area contributed by atoms with E-state index in [4.69, 9.17) is 11.6 Å². The number of carbonyl (C=O) groups excluding carboxylic acids is 2. The van der Waals surface area contributed by atoms with Crippen molar-refractivity contribution in [1.29, 1.82) is 0 Å². The van der Waals surface area contributed by atoms with Crippen molar-refractivity contribution in [2.45, 2.75) is 19.4 Å². The lowest BCUT2D eigenvalue weighted by atomic mass is 10.1. The molecule has 2 amide bonds. The molecule has 1 saturated heterocycles. The second kappa shape index (κ2) is 8.07. The summed E-state index contributed by atoms with van der Waals surface area (Å²) >= 11 is 5.90. The van der Waals surface area contributed by atoms with Gasteiger partial charge in [-0.3, -0.25) is 9.59 Å². The summed E-state index contributed by atoms with van der Waals surface area (Å²) in [6, 6.07) is 17.4. The van der Waals surface area contributed by atoms with E-state index in [1.807, 2.05) is 24.3 Å². The lowest BCUT2D eigenvalue weighted by Gasteiger charge is -2.17. The van der Waals surface area contributed by atoms with E-state index >= 15 is 0 Å². The number of hydrogen-bond acceptors (Lipinski definition) is 2. The standard InChI is InChI=1S/C22H22ClN3O2/c23-17-6-8-18(9-7-17)26-15-11-19(22(26)28)21(27)24-12-3-13-25-14-10-16-4-1-2-5-20(16)25/h1-2,4-10,14,19H,3,11-13,15H2,(H,24,27). The zero-order chi connectivity index (χ0) is 19.5. The molecule has 1 aliphatic heterocycles. The fourth-order valence-electron chi connectivity index (χ4n) is 3.72. The van der Waals surface area contributed by atoms with Crippen LogP contribution >= 0.6 is 11.6 Å². The molecule has 0 saturated carbocycles. The predicted molar refractivity (Wildman–Crippen MR) is 111 cm³/mol. The molecule has 0 spiro atoms. The van der Waals surface area contributed by atoms with Gasteiger partial charge in [0.25, 0.3) is 0 Å². The summed E-state index contributed by atoms with van der Waals surface area (Å²) in [7, 11) is 0. The molecule has 1 aromatic heterocycles. The van der Waals surface area contributed by atoms with Crippen LogP contribution in [0.5, 0.6) is 0 Å². The van der Waals surface area contributed by atoms with Crippen molar-refractivity contribution in [3.63, 3.8) is 0 Å². The predicted octanol–water partition coefficient (Wildman–Crippen LogP) is 3.85. The van der Waals surface area contributed by atoms with Crippen LogP contribution < -0.4 is 10.2 Å². The molecule has 5 nitrogen and oxygen atoms in total. The van der Waals surface area contributed by atoms with E-state index in [1.165, 1.54) is 10.9 Å². The van der Waals surface area contributed by atoms with Gasteiger partial charge in [-0.15, -0.1) is 0 Å². The third-order valence-electron chi connectivity index (χ3n) is 5.22. The number of para-hydroxylation sites is 1. The van der Waals surface area contributed by atoms with E-state index in [0.717, 1.165) is 18.7 Å². The van der Waals surface area contributed by atoms with E-state index in [9.17, 15) is 9.59 Å². The Morgan fingerprint density at radius 3 is 2.71 bits per heavy atom. The van der Waals surface area contributed by atoms with E-state index in [-0.39, 0.29) is 11.8 Å². The molecule has 4 rings (SSSR count). The fraction of sp³-hybridized carbons (Fsp3) is 0.273. The van der Waals surface area contributed by atoms with Crippen molar-refractivity contribution in [1.82, 2.24) is 9.88 Å². The van der Waals surface area contributed by atoms with Crippen molar-refractivity contribution in [3.05, 3.63) is 65.8 Å². The Morgan fingerprint density at radius 2 is 1.89 bits per heavy atom. The molecule has 1 aliphatic rings. The van der Waals surface area contributed by atoms with Crippen LogP contribution in [-0.2, 0) is 16.1 Å². The number of nitrogens with zero attached hydrogens (tertiary/aromatic N) is 2. The second-order valence-electron chi connectivity index (χ2n) is 7.02. The Morgan fingerprint density at radius 1 is 1.11 bits per heavy atom. The molecule has 1 fully saturated rings. The van der Waals surface area contributed by atoms with Crippen LogP contribution in [0.1, 0.15) is 12.8 Å². The van der Waals surface area contributed by atoms with Crippen molar-refractivity contribution in [2.24, 2.45) is 5.92 Å². The molecule has 2 aromatic carbocycles. The number of carbonyl (C=O) groups is 2. The highest BCUT2D eigenvalue weighted by Gasteiger charge is 2.37. The number of anilines is 1. The van der Waals surface area contributed by atoms with Crippen molar-refractivity contribution in [3.8, 4) is 0 Å². The summed E-state index contributed by atoms with van der Waals surface area (Å²) in [4.78, 5) is 26.8. The molecule has 144 valence electrons. The zero-order valence-electron chi connectivity index (χ0n) is 15.5. The van der Waals surface area contributed by atoms with Crippen molar-refractivity contribution in [2.75, 3.05) is 18.0 Å². The fourth-order valence-corrected chi connectivity index (χ4v) is 3.85. The van der Waals surface area contributed by atoms with E-state index in [1.54, 1.807) is 17.0 Å². The number of amides is 2. The topological polar surface area (TPSA) is 54.3 Å². The zero-order valence-corrected chi connectivity index (χ0v) is 16.2. The maximum Gasteiger partial charge on any atom is 0.239 e. The van der Waals surface area contributed by atoms with Gasteiger partial charge in [-0.25, -0.2) is 0 Å². The highest BCUT2D eigenvalue weighted by Crippen LogP contribution is 2.26. The second-order valence-corrected chi connectivity index (χ2v) is 7.46. The molecule has 0 radical (unpaired) electrons. The molecule has 2 heterocycles. The quantitative estimate of drug-likeness (QED) is 0.509. The van der Waals surface area contributed by atoms with Crippen LogP contribution in [0, 0.1) is 5.92 Å². The molecule has 3 aromatic rings. The largest absolute Gasteiger partial charge is 0.355 e. The Kier molecular flexibility index (Phi) is 5.35. The number of hydrogen-bond donors (Lipinski definition) is 1. The van der Waals surface area contributed by atoms with Crippen LogP contribution in [0.3, 0.4) is 0 Å². The summed E-state index contributed by atoms with van der Waals surface area (Å²) in [5.74, 6) is -0.932. The minimum absolute atomic E-state index is 0.142. The Labute approximate surface area is 168 Å². The normalized spacial score (nSPS) is 16.7. The molecule has 6 heteroatoms. The van der Waals surface area contributed by atoms with Gasteiger partial charge in [-0.2, -0.15) is 0 Å². The molecule has 28 heavy (non-hydrogen) atoms. The van der Waals surface area contributed by atoms with Gasteiger partial charge in [-0.1, -0.05) is 29.8 Å². The highest BCUT2D eigenvalue weighted by atomic mass is 35.5. The number of halogens is 1. The van der Waals surface area contributed by atoms with Crippen LogP contribution in [0.15, 0.2) is 60.8 Å². The summed E-state index contributed by atoms with van der Waals surface area (Å²) in [6.07, 6.45) is 3.42. The first-order chi connectivity index (χ1) is 13.6.